The van der Waals surface area contributed by atoms with Crippen LogP contribution in [0.25, 0.3) is 10.9 Å². The number of aromatic nitrogens is 3. The molecule has 0 aliphatic heterocycles. The van der Waals surface area contributed by atoms with Crippen LogP contribution in [0.1, 0.15) is 17.5 Å². The quantitative estimate of drug-likeness (QED) is 0.617. The number of nitrogens with zero attached hydrogens (tertiary/aromatic N) is 5. The Hall–Kier alpha value is -3.74. The lowest BCUT2D eigenvalue weighted by Gasteiger charge is -2.24. The van der Waals surface area contributed by atoms with Crippen molar-refractivity contribution in [2.75, 3.05) is 6.54 Å². The molecule has 1 aromatic heterocycles. The molecule has 30 heavy (non-hydrogen) atoms. The third-order valence-electron chi connectivity index (χ3n) is 4.35. The summed E-state index contributed by atoms with van der Waals surface area (Å²) in [7, 11) is 0. The zero-order chi connectivity index (χ0) is 21.7. The largest absolute Gasteiger partial charge is 0.406 e. The van der Waals surface area contributed by atoms with E-state index >= 15 is 0 Å². The predicted molar refractivity (Wildman–Crippen MR) is 101 cm³/mol. The number of alkyl halides is 3. The minimum absolute atomic E-state index is 0.197. The summed E-state index contributed by atoms with van der Waals surface area (Å²) in [6, 6.07) is 14.4. The van der Waals surface area contributed by atoms with Gasteiger partial charge < -0.3 is 4.90 Å². The summed E-state index contributed by atoms with van der Waals surface area (Å²) in [6.45, 7) is -1.90. The Morgan fingerprint density at radius 2 is 1.83 bits per heavy atom. The number of rotatable bonds is 6. The van der Waals surface area contributed by atoms with E-state index in [1.54, 1.807) is 24.3 Å². The molecular formula is C20H16F3N5O2. The van der Waals surface area contributed by atoms with Gasteiger partial charge >= 0.3 is 6.18 Å². The fourth-order valence-corrected chi connectivity index (χ4v) is 2.88. The van der Waals surface area contributed by atoms with E-state index in [4.69, 9.17) is 5.26 Å². The van der Waals surface area contributed by atoms with Crippen molar-refractivity contribution < 1.29 is 18.0 Å². The molecule has 0 aliphatic rings. The van der Waals surface area contributed by atoms with Gasteiger partial charge in [0.2, 0.25) is 5.91 Å². The van der Waals surface area contributed by atoms with E-state index in [1.165, 1.54) is 24.3 Å². The van der Waals surface area contributed by atoms with Crippen molar-refractivity contribution in [1.29, 1.82) is 5.26 Å². The van der Waals surface area contributed by atoms with Crippen molar-refractivity contribution in [2.45, 2.75) is 25.7 Å². The van der Waals surface area contributed by atoms with Gasteiger partial charge in [-0.2, -0.15) is 18.4 Å². The number of fused-ring (bicyclic) bond motifs is 1. The van der Waals surface area contributed by atoms with Crippen LogP contribution in [0.2, 0.25) is 0 Å². The van der Waals surface area contributed by atoms with Gasteiger partial charge in [0.25, 0.3) is 5.56 Å². The summed E-state index contributed by atoms with van der Waals surface area (Å²) in [5.41, 5.74) is 0.739. The van der Waals surface area contributed by atoms with Crippen LogP contribution in [0.3, 0.4) is 0 Å². The van der Waals surface area contributed by atoms with Crippen LogP contribution in [0, 0.1) is 11.3 Å². The summed E-state index contributed by atoms with van der Waals surface area (Å²) in [6.07, 6.45) is -4.93. The summed E-state index contributed by atoms with van der Waals surface area (Å²) in [5, 5.41) is 16.8. The van der Waals surface area contributed by atoms with E-state index in [9.17, 15) is 22.8 Å². The van der Waals surface area contributed by atoms with Crippen LogP contribution in [0.15, 0.2) is 53.3 Å². The molecule has 0 N–H and O–H groups in total. The van der Waals surface area contributed by atoms with Crippen LogP contribution >= 0.6 is 0 Å². The zero-order valence-electron chi connectivity index (χ0n) is 15.6. The fourth-order valence-electron chi connectivity index (χ4n) is 2.88. The second-order valence-electron chi connectivity index (χ2n) is 6.56. The first-order valence-corrected chi connectivity index (χ1v) is 8.93. The standard InChI is InChI=1S/C20H16F3N5O2/c21-20(22,23)13-27(12-15-7-5-14(11-24)6-8-15)18(29)9-10-28-19(30)16-3-1-2-4-17(16)25-26-28/h1-8H,9-10,12-13H2. The van der Waals surface area contributed by atoms with E-state index in [0.29, 0.717) is 26.9 Å². The normalized spacial score (nSPS) is 11.3. The molecule has 3 rings (SSSR count). The molecule has 0 saturated carbocycles. The van der Waals surface area contributed by atoms with Crippen molar-refractivity contribution in [3.63, 3.8) is 0 Å². The Balaban J connectivity index is 1.75. The number of aryl methyl sites for hydroxylation is 1. The number of carbonyl (C=O) groups excluding carboxylic acids is 1. The molecule has 0 fully saturated rings. The van der Waals surface area contributed by atoms with Crippen LogP contribution in [-0.2, 0) is 17.9 Å². The van der Waals surface area contributed by atoms with E-state index in [-0.39, 0.29) is 19.5 Å². The minimum atomic E-state index is -4.58. The Morgan fingerprint density at radius 3 is 2.50 bits per heavy atom. The highest BCUT2D eigenvalue weighted by atomic mass is 19.4. The van der Waals surface area contributed by atoms with E-state index in [2.05, 4.69) is 10.3 Å². The Labute approximate surface area is 169 Å². The monoisotopic (exact) mass is 415 g/mol. The molecule has 1 amide bonds. The van der Waals surface area contributed by atoms with E-state index in [0.717, 1.165) is 4.68 Å². The van der Waals surface area contributed by atoms with Crippen molar-refractivity contribution in [1.82, 2.24) is 19.9 Å². The Morgan fingerprint density at radius 1 is 1.13 bits per heavy atom. The lowest BCUT2D eigenvalue weighted by Crippen LogP contribution is -2.39. The average Bonchev–Trinajstić information content (AvgIpc) is 2.72. The minimum Gasteiger partial charge on any atom is -0.329 e. The number of amides is 1. The summed E-state index contributed by atoms with van der Waals surface area (Å²) in [5.74, 6) is -0.779. The van der Waals surface area contributed by atoms with Crippen molar-refractivity contribution >= 4 is 16.8 Å². The molecule has 0 bridgehead atoms. The first kappa shape index (κ1) is 21.0. The van der Waals surface area contributed by atoms with Crippen molar-refractivity contribution in [3.8, 4) is 6.07 Å². The smallest absolute Gasteiger partial charge is 0.329 e. The third-order valence-corrected chi connectivity index (χ3v) is 4.35. The van der Waals surface area contributed by atoms with Gasteiger partial charge in [0.15, 0.2) is 0 Å². The molecule has 3 aromatic rings. The van der Waals surface area contributed by atoms with Crippen molar-refractivity contribution in [3.05, 3.63) is 70.0 Å². The molecule has 0 unspecified atom stereocenters. The second kappa shape index (κ2) is 8.73. The maximum Gasteiger partial charge on any atom is 0.406 e. The molecule has 0 spiro atoms. The SMILES string of the molecule is N#Cc1ccc(CN(CC(F)(F)F)C(=O)CCn2nnc3ccccc3c2=O)cc1. The topological polar surface area (TPSA) is 91.9 Å². The molecule has 0 aliphatic carbocycles. The molecule has 0 atom stereocenters. The van der Waals surface area contributed by atoms with Gasteiger partial charge in [-0.1, -0.05) is 29.5 Å². The van der Waals surface area contributed by atoms with E-state index < -0.39 is 24.2 Å². The fraction of sp³-hybridized carbons (Fsp3) is 0.250. The maximum atomic E-state index is 13.0. The van der Waals surface area contributed by atoms with Gasteiger partial charge in [-0.05, 0) is 29.8 Å². The van der Waals surface area contributed by atoms with Gasteiger partial charge in [-0.3, -0.25) is 9.59 Å². The maximum absolute atomic E-state index is 13.0. The van der Waals surface area contributed by atoms with Crippen molar-refractivity contribution in [2.24, 2.45) is 0 Å². The number of halogens is 3. The first-order chi connectivity index (χ1) is 14.3. The van der Waals surface area contributed by atoms with E-state index in [1.807, 2.05) is 6.07 Å². The average molecular weight is 415 g/mol. The number of hydrogen-bond acceptors (Lipinski definition) is 5. The first-order valence-electron chi connectivity index (χ1n) is 8.93. The van der Waals surface area contributed by atoms with Gasteiger partial charge in [-0.25, -0.2) is 4.68 Å². The highest BCUT2D eigenvalue weighted by Gasteiger charge is 2.33. The molecule has 10 heteroatoms. The van der Waals surface area contributed by atoms with Crippen LogP contribution in [0.4, 0.5) is 13.2 Å². The summed E-state index contributed by atoms with van der Waals surface area (Å²) >= 11 is 0. The number of carbonyl (C=O) groups is 1. The third kappa shape index (κ3) is 5.20. The lowest BCUT2D eigenvalue weighted by atomic mass is 10.1. The molecule has 154 valence electrons. The number of nitriles is 1. The highest BCUT2D eigenvalue weighted by Crippen LogP contribution is 2.19. The highest BCUT2D eigenvalue weighted by molar-refractivity contribution is 5.77. The Kier molecular flexibility index (Phi) is 6.11. The molecule has 1 heterocycles. The molecule has 2 aromatic carbocycles. The number of benzene rings is 2. The van der Waals surface area contributed by atoms with Crippen LogP contribution in [0.5, 0.6) is 0 Å². The summed E-state index contributed by atoms with van der Waals surface area (Å²) in [4.78, 5) is 25.6. The zero-order valence-corrected chi connectivity index (χ0v) is 15.6. The van der Waals surface area contributed by atoms with Gasteiger partial charge in [0, 0.05) is 13.0 Å². The number of hydrogen-bond donors (Lipinski definition) is 0. The molecule has 7 nitrogen and oxygen atoms in total. The van der Waals surface area contributed by atoms with Gasteiger partial charge in [0.1, 0.15) is 12.1 Å². The van der Waals surface area contributed by atoms with Crippen LogP contribution < -0.4 is 5.56 Å². The summed E-state index contributed by atoms with van der Waals surface area (Å²) < 4.78 is 39.9. The molecule has 0 radical (unpaired) electrons. The molecular weight excluding hydrogens is 399 g/mol. The van der Waals surface area contributed by atoms with Gasteiger partial charge in [-0.15, -0.1) is 5.10 Å². The second-order valence-corrected chi connectivity index (χ2v) is 6.56. The Bertz CT molecular complexity index is 1150. The van der Waals surface area contributed by atoms with Crippen LogP contribution in [-0.4, -0.2) is 38.5 Å². The molecule has 0 saturated heterocycles. The lowest BCUT2D eigenvalue weighted by molar-refractivity contribution is -0.162. The van der Waals surface area contributed by atoms with Gasteiger partial charge in [0.05, 0.1) is 23.6 Å². The predicted octanol–water partition coefficient (Wildman–Crippen LogP) is 2.64.